The highest BCUT2D eigenvalue weighted by molar-refractivity contribution is 7.91. The zero-order chi connectivity index (χ0) is 17.2. The van der Waals surface area contributed by atoms with Crippen LogP contribution < -0.4 is 10.1 Å². The van der Waals surface area contributed by atoms with E-state index in [1.165, 1.54) is 0 Å². The Bertz CT molecular complexity index is 844. The van der Waals surface area contributed by atoms with E-state index in [1.807, 2.05) is 24.3 Å². The Morgan fingerprint density at radius 3 is 2.96 bits per heavy atom. The first-order valence-corrected chi connectivity index (χ1v) is 9.37. The fourth-order valence-corrected chi connectivity index (χ4v) is 4.33. The van der Waals surface area contributed by atoms with E-state index in [0.29, 0.717) is 23.6 Å². The molecule has 1 unspecified atom stereocenters. The molecule has 1 atom stereocenters. The molecule has 2 aromatic rings. The van der Waals surface area contributed by atoms with Gasteiger partial charge >= 0.3 is 0 Å². The molecule has 1 N–H and O–H groups in total. The molecule has 1 amide bonds. The van der Waals surface area contributed by atoms with Crippen molar-refractivity contribution in [3.05, 3.63) is 36.0 Å². The molecule has 1 saturated heterocycles. The summed E-state index contributed by atoms with van der Waals surface area (Å²) < 4.78 is 33.2. The van der Waals surface area contributed by atoms with Gasteiger partial charge in [0.1, 0.15) is 5.75 Å². The second-order valence-electron chi connectivity index (χ2n) is 5.76. The summed E-state index contributed by atoms with van der Waals surface area (Å²) in [6, 6.07) is 8.71. The largest absolute Gasteiger partial charge is 0.497 e. The van der Waals surface area contributed by atoms with Gasteiger partial charge in [-0.15, -0.1) is 0 Å². The van der Waals surface area contributed by atoms with Crippen LogP contribution in [0.25, 0.3) is 11.3 Å². The number of methoxy groups -OCH3 is 1. The summed E-state index contributed by atoms with van der Waals surface area (Å²) in [4.78, 5) is 12.0. The minimum atomic E-state index is -3.01. The molecule has 24 heavy (non-hydrogen) atoms. The molecule has 3 rings (SSSR count). The molecule has 1 aromatic carbocycles. The maximum Gasteiger partial charge on any atom is 0.226 e. The smallest absolute Gasteiger partial charge is 0.226 e. The predicted molar refractivity (Wildman–Crippen MR) is 87.4 cm³/mol. The van der Waals surface area contributed by atoms with Crippen LogP contribution in [0.1, 0.15) is 12.1 Å². The molecule has 1 aromatic heterocycles. The lowest BCUT2D eigenvalue weighted by molar-refractivity contribution is -0.121. The molecule has 0 spiro atoms. The van der Waals surface area contributed by atoms with Crippen molar-refractivity contribution in [2.45, 2.75) is 18.9 Å². The highest BCUT2D eigenvalue weighted by atomic mass is 32.2. The van der Waals surface area contributed by atoms with Crippen LogP contribution in [0.5, 0.6) is 5.75 Å². The normalized spacial score (nSPS) is 19.1. The summed E-state index contributed by atoms with van der Waals surface area (Å²) in [7, 11) is -1.43. The Kier molecular flexibility index (Phi) is 4.57. The summed E-state index contributed by atoms with van der Waals surface area (Å²) in [5.74, 6) is 1.11. The van der Waals surface area contributed by atoms with Gasteiger partial charge < -0.3 is 14.6 Å². The maximum atomic E-state index is 12.0. The third-order valence-corrected chi connectivity index (χ3v) is 5.62. The van der Waals surface area contributed by atoms with Crippen LogP contribution in [-0.2, 0) is 21.1 Å². The monoisotopic (exact) mass is 350 g/mol. The highest BCUT2D eigenvalue weighted by Crippen LogP contribution is 2.24. The second kappa shape index (κ2) is 6.64. The number of hydrogen-bond acceptors (Lipinski definition) is 6. The molecule has 0 aliphatic carbocycles. The Morgan fingerprint density at radius 1 is 1.42 bits per heavy atom. The minimum Gasteiger partial charge on any atom is -0.497 e. The SMILES string of the molecule is COc1cccc(-c2cc(CC(=O)NC3CCS(=O)(=O)C3)no2)c1. The van der Waals surface area contributed by atoms with Crippen LogP contribution in [0.15, 0.2) is 34.9 Å². The number of aromatic nitrogens is 1. The quantitative estimate of drug-likeness (QED) is 0.870. The number of carbonyl (C=O) groups excluding carboxylic acids is 1. The molecule has 8 heteroatoms. The van der Waals surface area contributed by atoms with Crippen molar-refractivity contribution in [2.24, 2.45) is 0 Å². The van der Waals surface area contributed by atoms with Crippen molar-refractivity contribution in [3.8, 4) is 17.1 Å². The third kappa shape index (κ3) is 3.94. The number of nitrogens with one attached hydrogen (secondary N) is 1. The number of amides is 1. The average molecular weight is 350 g/mol. The van der Waals surface area contributed by atoms with E-state index < -0.39 is 9.84 Å². The number of hydrogen-bond donors (Lipinski definition) is 1. The molecule has 128 valence electrons. The van der Waals surface area contributed by atoms with Gasteiger partial charge in [0.25, 0.3) is 0 Å². The number of rotatable bonds is 5. The molecule has 0 radical (unpaired) electrons. The molecule has 1 fully saturated rings. The lowest BCUT2D eigenvalue weighted by Crippen LogP contribution is -2.36. The summed E-state index contributed by atoms with van der Waals surface area (Å²) in [6.45, 7) is 0. The lowest BCUT2D eigenvalue weighted by Gasteiger charge is -2.09. The zero-order valence-electron chi connectivity index (χ0n) is 13.2. The van der Waals surface area contributed by atoms with Gasteiger partial charge in [-0.05, 0) is 18.6 Å². The van der Waals surface area contributed by atoms with Crippen LogP contribution in [0, 0.1) is 0 Å². The van der Waals surface area contributed by atoms with Crippen molar-refractivity contribution in [1.29, 1.82) is 0 Å². The van der Waals surface area contributed by atoms with Crippen LogP contribution in [0.3, 0.4) is 0 Å². The van der Waals surface area contributed by atoms with Crippen LogP contribution in [0.4, 0.5) is 0 Å². The van der Waals surface area contributed by atoms with Gasteiger partial charge in [0.15, 0.2) is 15.6 Å². The minimum absolute atomic E-state index is 0.00656. The van der Waals surface area contributed by atoms with E-state index in [2.05, 4.69) is 10.5 Å². The average Bonchev–Trinajstić information content (AvgIpc) is 3.13. The Balaban J connectivity index is 1.62. The van der Waals surface area contributed by atoms with Gasteiger partial charge in [-0.2, -0.15) is 0 Å². The van der Waals surface area contributed by atoms with Crippen LogP contribution >= 0.6 is 0 Å². The summed E-state index contributed by atoms with van der Waals surface area (Å²) >= 11 is 0. The van der Waals surface area contributed by atoms with E-state index in [0.717, 1.165) is 5.56 Å². The van der Waals surface area contributed by atoms with E-state index in [4.69, 9.17) is 9.26 Å². The highest BCUT2D eigenvalue weighted by Gasteiger charge is 2.29. The molecule has 2 heterocycles. The van der Waals surface area contributed by atoms with Gasteiger partial charge in [-0.25, -0.2) is 8.42 Å². The first-order chi connectivity index (χ1) is 11.4. The van der Waals surface area contributed by atoms with Crippen LogP contribution in [-0.4, -0.2) is 44.1 Å². The topological polar surface area (TPSA) is 98.5 Å². The number of carbonyl (C=O) groups is 1. The summed E-state index contributed by atoms with van der Waals surface area (Å²) in [6.07, 6.45) is 0.506. The fraction of sp³-hybridized carbons (Fsp3) is 0.375. The van der Waals surface area contributed by atoms with Crippen molar-refractivity contribution in [2.75, 3.05) is 18.6 Å². The van der Waals surface area contributed by atoms with Crippen molar-refractivity contribution in [1.82, 2.24) is 10.5 Å². The van der Waals surface area contributed by atoms with Crippen LogP contribution in [0.2, 0.25) is 0 Å². The van der Waals surface area contributed by atoms with Gasteiger partial charge in [0.2, 0.25) is 5.91 Å². The molecular weight excluding hydrogens is 332 g/mol. The lowest BCUT2D eigenvalue weighted by atomic mass is 10.1. The van der Waals surface area contributed by atoms with E-state index in [9.17, 15) is 13.2 Å². The van der Waals surface area contributed by atoms with Crippen molar-refractivity contribution in [3.63, 3.8) is 0 Å². The first-order valence-electron chi connectivity index (χ1n) is 7.55. The molecule has 1 aliphatic rings. The van der Waals surface area contributed by atoms with Crippen molar-refractivity contribution >= 4 is 15.7 Å². The predicted octanol–water partition coefficient (Wildman–Crippen LogP) is 1.20. The molecule has 0 saturated carbocycles. The first kappa shape index (κ1) is 16.5. The number of nitrogens with zero attached hydrogens (tertiary/aromatic N) is 1. The van der Waals surface area contributed by atoms with Gasteiger partial charge in [0.05, 0.1) is 30.7 Å². The fourth-order valence-electron chi connectivity index (χ4n) is 2.66. The molecular formula is C16H18N2O5S. The standard InChI is InChI=1S/C16H18N2O5S/c1-22-14-4-2-3-11(7-14)15-8-13(18-23-15)9-16(19)17-12-5-6-24(20,21)10-12/h2-4,7-8,12H,5-6,9-10H2,1H3,(H,17,19). The molecule has 7 nitrogen and oxygen atoms in total. The van der Waals surface area contributed by atoms with E-state index in [-0.39, 0.29) is 29.9 Å². The second-order valence-corrected chi connectivity index (χ2v) is 7.99. The summed E-state index contributed by atoms with van der Waals surface area (Å²) in [5, 5.41) is 6.63. The Morgan fingerprint density at radius 2 is 2.25 bits per heavy atom. The number of benzene rings is 1. The Labute approximate surface area is 139 Å². The zero-order valence-corrected chi connectivity index (χ0v) is 14.0. The maximum absolute atomic E-state index is 12.0. The van der Waals surface area contributed by atoms with E-state index in [1.54, 1.807) is 13.2 Å². The van der Waals surface area contributed by atoms with Gasteiger partial charge in [-0.1, -0.05) is 17.3 Å². The third-order valence-electron chi connectivity index (χ3n) is 3.85. The Hall–Kier alpha value is -2.35. The van der Waals surface area contributed by atoms with Crippen molar-refractivity contribution < 1.29 is 22.5 Å². The number of ether oxygens (including phenoxy) is 1. The van der Waals surface area contributed by atoms with Gasteiger partial charge in [-0.3, -0.25) is 4.79 Å². The molecule has 0 bridgehead atoms. The molecule has 1 aliphatic heterocycles. The van der Waals surface area contributed by atoms with E-state index >= 15 is 0 Å². The van der Waals surface area contributed by atoms with Gasteiger partial charge in [0, 0.05) is 17.7 Å². The number of sulfone groups is 1. The summed E-state index contributed by atoms with van der Waals surface area (Å²) in [5.41, 5.74) is 1.29.